The van der Waals surface area contributed by atoms with Crippen LogP contribution < -0.4 is 5.32 Å². The van der Waals surface area contributed by atoms with Crippen LogP contribution in [0.2, 0.25) is 0 Å². The molecule has 0 aliphatic carbocycles. The molecule has 0 saturated heterocycles. The number of hydrogen-bond donors (Lipinski definition) is 2. The summed E-state index contributed by atoms with van der Waals surface area (Å²) >= 11 is 1.85. The molecule has 0 spiro atoms. The summed E-state index contributed by atoms with van der Waals surface area (Å²) in [6.45, 7) is 4.65. The van der Waals surface area contributed by atoms with Crippen molar-refractivity contribution in [3.05, 3.63) is 21.9 Å². The maximum atomic E-state index is 8.64. The van der Waals surface area contributed by atoms with E-state index in [0.717, 1.165) is 32.4 Å². The van der Waals surface area contributed by atoms with E-state index in [1.165, 1.54) is 23.3 Å². The minimum Gasteiger partial charge on any atom is -0.396 e. The molecular formula is C13H23NOS. The van der Waals surface area contributed by atoms with Gasteiger partial charge in [-0.1, -0.05) is 19.8 Å². The highest BCUT2D eigenvalue weighted by atomic mass is 32.1. The second kappa shape index (κ2) is 8.74. The molecule has 0 atom stereocenters. The van der Waals surface area contributed by atoms with E-state index in [9.17, 15) is 0 Å². The maximum Gasteiger partial charge on any atom is 0.0431 e. The lowest BCUT2D eigenvalue weighted by molar-refractivity contribution is 0.282. The van der Waals surface area contributed by atoms with Crippen molar-refractivity contribution in [1.29, 1.82) is 0 Å². The van der Waals surface area contributed by atoms with Crippen LogP contribution in [0.3, 0.4) is 0 Å². The number of aliphatic hydroxyl groups is 1. The molecule has 0 saturated carbocycles. The lowest BCUT2D eigenvalue weighted by Crippen LogP contribution is -2.14. The fourth-order valence-corrected chi connectivity index (χ4v) is 2.70. The first-order valence-corrected chi connectivity index (χ1v) is 7.13. The molecule has 1 aromatic heterocycles. The van der Waals surface area contributed by atoms with Gasteiger partial charge in [0.1, 0.15) is 0 Å². The second-order valence-corrected chi connectivity index (χ2v) is 5.04. The van der Waals surface area contributed by atoms with Gasteiger partial charge >= 0.3 is 0 Å². The molecule has 1 heterocycles. The van der Waals surface area contributed by atoms with Crippen molar-refractivity contribution in [2.45, 2.75) is 45.6 Å². The third-order valence-corrected chi connectivity index (χ3v) is 3.73. The van der Waals surface area contributed by atoms with Crippen LogP contribution in [0, 0.1) is 0 Å². The van der Waals surface area contributed by atoms with Gasteiger partial charge in [-0.15, -0.1) is 11.3 Å². The van der Waals surface area contributed by atoms with Crippen molar-refractivity contribution in [2.75, 3.05) is 13.2 Å². The average molecular weight is 241 g/mol. The SMILES string of the molecule is CCc1ccsc1CNCCCCCCO. The van der Waals surface area contributed by atoms with Crippen LogP contribution in [0.1, 0.15) is 43.0 Å². The summed E-state index contributed by atoms with van der Waals surface area (Å²) in [7, 11) is 0. The number of aliphatic hydroxyl groups excluding tert-OH is 1. The van der Waals surface area contributed by atoms with Crippen LogP contribution >= 0.6 is 11.3 Å². The predicted octanol–water partition coefficient (Wildman–Crippen LogP) is 2.95. The smallest absolute Gasteiger partial charge is 0.0431 e. The van der Waals surface area contributed by atoms with Crippen molar-refractivity contribution >= 4 is 11.3 Å². The third kappa shape index (κ3) is 5.10. The molecule has 2 nitrogen and oxygen atoms in total. The molecule has 0 radical (unpaired) electrons. The van der Waals surface area contributed by atoms with Crippen molar-refractivity contribution in [3.8, 4) is 0 Å². The maximum absolute atomic E-state index is 8.64. The van der Waals surface area contributed by atoms with Gasteiger partial charge in [0.25, 0.3) is 0 Å². The van der Waals surface area contributed by atoms with Crippen LogP contribution in [0.25, 0.3) is 0 Å². The molecule has 0 amide bonds. The molecule has 3 heteroatoms. The molecule has 16 heavy (non-hydrogen) atoms. The Balaban J connectivity index is 2.03. The normalized spacial score (nSPS) is 10.9. The van der Waals surface area contributed by atoms with Gasteiger partial charge in [-0.25, -0.2) is 0 Å². The summed E-state index contributed by atoms with van der Waals surface area (Å²) in [6, 6.07) is 2.23. The van der Waals surface area contributed by atoms with Gasteiger partial charge in [0, 0.05) is 18.0 Å². The first-order chi connectivity index (χ1) is 7.88. The van der Waals surface area contributed by atoms with Crippen molar-refractivity contribution in [3.63, 3.8) is 0 Å². The summed E-state index contributed by atoms with van der Waals surface area (Å²) in [5, 5.41) is 14.3. The Morgan fingerprint density at radius 3 is 2.81 bits per heavy atom. The minimum absolute atomic E-state index is 0.336. The lowest BCUT2D eigenvalue weighted by Gasteiger charge is -2.04. The molecule has 2 N–H and O–H groups in total. The Kier molecular flexibility index (Phi) is 7.47. The predicted molar refractivity (Wildman–Crippen MR) is 71.0 cm³/mol. The Bertz CT molecular complexity index is 273. The zero-order chi connectivity index (χ0) is 11.6. The topological polar surface area (TPSA) is 32.3 Å². The second-order valence-electron chi connectivity index (χ2n) is 4.04. The van der Waals surface area contributed by atoms with E-state index in [1.54, 1.807) is 0 Å². The number of thiophene rings is 1. The van der Waals surface area contributed by atoms with Crippen molar-refractivity contribution in [2.24, 2.45) is 0 Å². The Hall–Kier alpha value is -0.380. The summed E-state index contributed by atoms with van der Waals surface area (Å²) in [5.41, 5.74) is 1.48. The van der Waals surface area contributed by atoms with E-state index in [4.69, 9.17) is 5.11 Å². The average Bonchev–Trinajstić information content (AvgIpc) is 2.75. The van der Waals surface area contributed by atoms with Crippen LogP contribution in [0.15, 0.2) is 11.4 Å². The molecule has 0 unspecified atom stereocenters. The van der Waals surface area contributed by atoms with E-state index in [2.05, 4.69) is 23.7 Å². The van der Waals surface area contributed by atoms with Gasteiger partial charge in [-0.05, 0) is 42.8 Å². The van der Waals surface area contributed by atoms with Gasteiger partial charge in [0.15, 0.2) is 0 Å². The van der Waals surface area contributed by atoms with Crippen LogP contribution in [0.5, 0.6) is 0 Å². The molecule has 0 aromatic carbocycles. The molecular weight excluding hydrogens is 218 g/mol. The molecule has 0 fully saturated rings. The monoisotopic (exact) mass is 241 g/mol. The number of nitrogens with one attached hydrogen (secondary N) is 1. The fraction of sp³-hybridized carbons (Fsp3) is 0.692. The number of aryl methyl sites for hydroxylation is 1. The van der Waals surface area contributed by atoms with Gasteiger partial charge in [-0.2, -0.15) is 0 Å². The number of hydrogen-bond acceptors (Lipinski definition) is 3. The van der Waals surface area contributed by atoms with Crippen molar-refractivity contribution < 1.29 is 5.11 Å². The third-order valence-electron chi connectivity index (χ3n) is 2.77. The fourth-order valence-electron chi connectivity index (χ4n) is 1.75. The van der Waals surface area contributed by atoms with Crippen molar-refractivity contribution in [1.82, 2.24) is 5.32 Å². The molecule has 0 bridgehead atoms. The number of rotatable bonds is 9. The van der Waals surface area contributed by atoms with Gasteiger partial charge in [-0.3, -0.25) is 0 Å². The van der Waals surface area contributed by atoms with E-state index in [0.29, 0.717) is 6.61 Å². The first kappa shape index (κ1) is 13.7. The molecule has 1 aromatic rings. The largest absolute Gasteiger partial charge is 0.396 e. The standard InChI is InChI=1S/C13H23NOS/c1-2-12-7-10-16-13(12)11-14-8-5-3-4-6-9-15/h7,10,14-15H,2-6,8-9,11H2,1H3. The van der Waals surface area contributed by atoms with Gasteiger partial charge in [0.2, 0.25) is 0 Å². The summed E-state index contributed by atoms with van der Waals surface area (Å²) in [4.78, 5) is 1.48. The molecule has 1 rings (SSSR count). The molecule has 0 aliphatic rings. The summed E-state index contributed by atoms with van der Waals surface area (Å²) in [5.74, 6) is 0. The van der Waals surface area contributed by atoms with Crippen LogP contribution in [-0.2, 0) is 13.0 Å². The van der Waals surface area contributed by atoms with Gasteiger partial charge < -0.3 is 10.4 Å². The van der Waals surface area contributed by atoms with Crippen LogP contribution in [0.4, 0.5) is 0 Å². The zero-order valence-electron chi connectivity index (χ0n) is 10.2. The quantitative estimate of drug-likeness (QED) is 0.652. The zero-order valence-corrected chi connectivity index (χ0v) is 11.0. The van der Waals surface area contributed by atoms with E-state index in [1.807, 2.05) is 11.3 Å². The minimum atomic E-state index is 0.336. The number of unbranched alkanes of at least 4 members (excludes halogenated alkanes) is 3. The highest BCUT2D eigenvalue weighted by Gasteiger charge is 2.00. The molecule has 0 aliphatic heterocycles. The Morgan fingerprint density at radius 2 is 2.06 bits per heavy atom. The van der Waals surface area contributed by atoms with E-state index < -0.39 is 0 Å². The first-order valence-electron chi connectivity index (χ1n) is 6.25. The van der Waals surface area contributed by atoms with E-state index in [-0.39, 0.29) is 0 Å². The Morgan fingerprint density at radius 1 is 1.25 bits per heavy atom. The van der Waals surface area contributed by atoms with Crippen LogP contribution in [-0.4, -0.2) is 18.3 Å². The highest BCUT2D eigenvalue weighted by Crippen LogP contribution is 2.16. The van der Waals surface area contributed by atoms with Gasteiger partial charge in [0.05, 0.1) is 0 Å². The Labute approximate surface area is 103 Å². The lowest BCUT2D eigenvalue weighted by atomic mass is 10.2. The highest BCUT2D eigenvalue weighted by molar-refractivity contribution is 7.10. The van der Waals surface area contributed by atoms with E-state index >= 15 is 0 Å². The summed E-state index contributed by atoms with van der Waals surface area (Å²) in [6.07, 6.45) is 5.67. The molecule has 92 valence electrons. The summed E-state index contributed by atoms with van der Waals surface area (Å²) < 4.78 is 0.